The number of anilines is 3. The zero-order chi connectivity index (χ0) is 24.2. The number of pyridine rings is 1. The van der Waals surface area contributed by atoms with E-state index in [0.29, 0.717) is 48.4 Å². The number of rotatable bonds is 9. The van der Waals surface area contributed by atoms with E-state index in [9.17, 15) is 4.79 Å². The van der Waals surface area contributed by atoms with Crippen molar-refractivity contribution in [2.45, 2.75) is 32.9 Å². The van der Waals surface area contributed by atoms with Gasteiger partial charge in [0.25, 0.3) is 5.91 Å². The van der Waals surface area contributed by atoms with Crippen LogP contribution in [0.3, 0.4) is 0 Å². The Bertz CT molecular complexity index is 1160. The fraction of sp³-hybridized carbons (Fsp3) is 0.522. The van der Waals surface area contributed by atoms with Crippen molar-refractivity contribution in [3.05, 3.63) is 29.6 Å². The standard InChI is InChI=1S/C23H33N9O2/c1-6-34-12-11-32-20-18(19(29-32)22(33)24-3)27-23(31(5)16-8-10-30(4)14-16)28-21(20)26-17-13-15(2)7-9-25-17/h7,9,13,16H,6,8,10-12,14H2,1-5H3,(H,24,33)(H,25,26,27,28)/t16-/m0/s1. The lowest BCUT2D eigenvalue weighted by molar-refractivity contribution is 0.0957. The topological polar surface area (TPSA) is 113 Å². The molecular formula is C23H33N9O2. The molecule has 0 radical (unpaired) electrons. The van der Waals surface area contributed by atoms with Gasteiger partial charge in [-0.05, 0) is 51.6 Å². The smallest absolute Gasteiger partial charge is 0.273 e. The summed E-state index contributed by atoms with van der Waals surface area (Å²) >= 11 is 0. The number of nitrogens with zero attached hydrogens (tertiary/aromatic N) is 7. The second-order valence-electron chi connectivity index (χ2n) is 8.58. The van der Waals surface area contributed by atoms with Crippen LogP contribution < -0.4 is 15.5 Å². The monoisotopic (exact) mass is 467 g/mol. The van der Waals surface area contributed by atoms with E-state index < -0.39 is 0 Å². The van der Waals surface area contributed by atoms with Gasteiger partial charge in [0.05, 0.1) is 13.2 Å². The number of aryl methyl sites for hydroxylation is 1. The van der Waals surface area contributed by atoms with Crippen LogP contribution in [0, 0.1) is 6.92 Å². The first-order valence-corrected chi connectivity index (χ1v) is 11.6. The summed E-state index contributed by atoms with van der Waals surface area (Å²) < 4.78 is 7.28. The van der Waals surface area contributed by atoms with Gasteiger partial charge in [-0.1, -0.05) is 0 Å². The molecule has 1 aliphatic heterocycles. The highest BCUT2D eigenvalue weighted by Gasteiger charge is 2.28. The molecule has 11 heteroatoms. The minimum absolute atomic E-state index is 0.259. The number of amides is 1. The van der Waals surface area contributed by atoms with Crippen LogP contribution in [0.5, 0.6) is 0 Å². The molecule has 11 nitrogen and oxygen atoms in total. The third-order valence-corrected chi connectivity index (χ3v) is 6.06. The van der Waals surface area contributed by atoms with Crippen molar-refractivity contribution >= 4 is 34.5 Å². The van der Waals surface area contributed by atoms with Gasteiger partial charge in [-0.25, -0.2) is 9.97 Å². The number of likely N-dealkylation sites (tertiary alicyclic amines) is 1. The maximum absolute atomic E-state index is 12.7. The van der Waals surface area contributed by atoms with E-state index in [2.05, 4.69) is 37.6 Å². The number of carbonyl (C=O) groups is 1. The quantitative estimate of drug-likeness (QED) is 0.455. The van der Waals surface area contributed by atoms with E-state index in [1.165, 1.54) is 0 Å². The Hall–Kier alpha value is -3.31. The van der Waals surface area contributed by atoms with Crippen molar-refractivity contribution in [1.29, 1.82) is 0 Å². The van der Waals surface area contributed by atoms with E-state index in [1.807, 2.05) is 33.0 Å². The fourth-order valence-corrected chi connectivity index (χ4v) is 4.16. The zero-order valence-electron chi connectivity index (χ0n) is 20.5. The number of hydrogen-bond donors (Lipinski definition) is 2. The molecule has 0 spiro atoms. The van der Waals surface area contributed by atoms with Crippen LogP contribution >= 0.6 is 0 Å². The Morgan fingerprint density at radius 2 is 2.18 bits per heavy atom. The molecule has 2 N–H and O–H groups in total. The predicted molar refractivity (Wildman–Crippen MR) is 132 cm³/mol. The Morgan fingerprint density at radius 1 is 1.35 bits per heavy atom. The number of fused-ring (bicyclic) bond motifs is 1. The van der Waals surface area contributed by atoms with Crippen molar-refractivity contribution in [3.8, 4) is 0 Å². The molecular weight excluding hydrogens is 434 g/mol. The van der Waals surface area contributed by atoms with E-state index in [0.717, 1.165) is 25.1 Å². The molecule has 1 amide bonds. The molecule has 4 rings (SSSR count). The molecule has 0 unspecified atom stereocenters. The molecule has 34 heavy (non-hydrogen) atoms. The highest BCUT2D eigenvalue weighted by molar-refractivity contribution is 6.06. The largest absolute Gasteiger partial charge is 0.380 e. The van der Waals surface area contributed by atoms with Crippen molar-refractivity contribution in [2.75, 3.05) is 57.7 Å². The summed E-state index contributed by atoms with van der Waals surface area (Å²) in [6.45, 7) is 7.42. The van der Waals surface area contributed by atoms with Crippen molar-refractivity contribution in [1.82, 2.24) is 34.9 Å². The highest BCUT2D eigenvalue weighted by Crippen LogP contribution is 2.29. The van der Waals surface area contributed by atoms with Crippen LogP contribution in [0.4, 0.5) is 17.6 Å². The summed E-state index contributed by atoms with van der Waals surface area (Å²) in [5.74, 6) is 1.45. The van der Waals surface area contributed by atoms with Crippen LogP contribution in [-0.2, 0) is 11.3 Å². The van der Waals surface area contributed by atoms with E-state index in [4.69, 9.17) is 14.7 Å². The summed E-state index contributed by atoms with van der Waals surface area (Å²) in [7, 11) is 5.70. The Labute approximate surface area is 199 Å². The molecule has 3 aromatic heterocycles. The molecule has 0 bridgehead atoms. The summed E-state index contributed by atoms with van der Waals surface area (Å²) in [6.07, 6.45) is 2.77. The Morgan fingerprint density at radius 3 is 2.85 bits per heavy atom. The lowest BCUT2D eigenvalue weighted by atomic mass is 10.2. The highest BCUT2D eigenvalue weighted by atomic mass is 16.5. The molecule has 0 saturated carbocycles. The predicted octanol–water partition coefficient (Wildman–Crippen LogP) is 1.81. The van der Waals surface area contributed by atoms with Gasteiger partial charge in [-0.15, -0.1) is 0 Å². The van der Waals surface area contributed by atoms with Crippen LogP contribution in [0.2, 0.25) is 0 Å². The fourth-order valence-electron chi connectivity index (χ4n) is 4.16. The third kappa shape index (κ3) is 4.95. The first kappa shape index (κ1) is 23.8. The maximum Gasteiger partial charge on any atom is 0.273 e. The molecule has 0 aliphatic carbocycles. The summed E-state index contributed by atoms with van der Waals surface area (Å²) in [6, 6.07) is 4.17. The summed E-state index contributed by atoms with van der Waals surface area (Å²) in [4.78, 5) is 31.3. The normalized spacial score (nSPS) is 16.2. The van der Waals surface area contributed by atoms with Gasteiger partial charge in [-0.3, -0.25) is 9.48 Å². The molecule has 0 aromatic carbocycles. The van der Waals surface area contributed by atoms with Gasteiger partial charge in [0.15, 0.2) is 11.5 Å². The minimum atomic E-state index is -0.298. The molecule has 1 saturated heterocycles. The van der Waals surface area contributed by atoms with Crippen LogP contribution in [0.15, 0.2) is 18.3 Å². The molecule has 1 fully saturated rings. The van der Waals surface area contributed by atoms with Crippen molar-refractivity contribution in [3.63, 3.8) is 0 Å². The minimum Gasteiger partial charge on any atom is -0.380 e. The summed E-state index contributed by atoms with van der Waals surface area (Å²) in [5.41, 5.74) is 2.47. The SMILES string of the molecule is CCOCCn1nc(C(=O)NC)c2nc(N(C)[C@H]3CCN(C)C3)nc(Nc3cc(C)ccn3)c21. The van der Waals surface area contributed by atoms with Gasteiger partial charge in [0, 0.05) is 39.5 Å². The second kappa shape index (κ2) is 10.3. The van der Waals surface area contributed by atoms with Gasteiger partial charge in [0.1, 0.15) is 16.9 Å². The first-order valence-electron chi connectivity index (χ1n) is 11.6. The first-order chi connectivity index (χ1) is 16.4. The van der Waals surface area contributed by atoms with Gasteiger partial charge < -0.3 is 25.2 Å². The van der Waals surface area contributed by atoms with Crippen LogP contribution in [0.25, 0.3) is 11.0 Å². The van der Waals surface area contributed by atoms with Gasteiger partial charge >= 0.3 is 0 Å². The summed E-state index contributed by atoms with van der Waals surface area (Å²) in [5, 5.41) is 10.6. The van der Waals surface area contributed by atoms with E-state index in [-0.39, 0.29) is 17.6 Å². The van der Waals surface area contributed by atoms with E-state index >= 15 is 0 Å². The average molecular weight is 468 g/mol. The molecule has 3 aromatic rings. The number of nitrogens with one attached hydrogen (secondary N) is 2. The molecule has 182 valence electrons. The molecule has 1 aliphatic rings. The maximum atomic E-state index is 12.7. The number of likely N-dealkylation sites (N-methyl/N-ethyl adjacent to an activating group) is 2. The average Bonchev–Trinajstić information content (AvgIpc) is 3.42. The lowest BCUT2D eigenvalue weighted by Crippen LogP contribution is -2.35. The number of carbonyl (C=O) groups excluding carboxylic acids is 1. The zero-order valence-corrected chi connectivity index (χ0v) is 20.5. The van der Waals surface area contributed by atoms with Gasteiger partial charge in [0.2, 0.25) is 5.95 Å². The van der Waals surface area contributed by atoms with E-state index in [1.54, 1.807) is 17.9 Å². The number of hydrogen-bond acceptors (Lipinski definition) is 9. The molecule has 4 heterocycles. The Kier molecular flexibility index (Phi) is 7.23. The van der Waals surface area contributed by atoms with Crippen molar-refractivity contribution < 1.29 is 9.53 Å². The van der Waals surface area contributed by atoms with Crippen molar-refractivity contribution in [2.24, 2.45) is 0 Å². The van der Waals surface area contributed by atoms with Gasteiger partial charge in [-0.2, -0.15) is 10.1 Å². The number of aromatic nitrogens is 5. The number of ether oxygens (including phenoxy) is 1. The third-order valence-electron chi connectivity index (χ3n) is 6.06. The van der Waals surface area contributed by atoms with Crippen LogP contribution in [-0.4, -0.2) is 89.0 Å². The lowest BCUT2D eigenvalue weighted by Gasteiger charge is -2.25. The molecule has 1 atom stereocenters. The second-order valence-corrected chi connectivity index (χ2v) is 8.58. The Balaban J connectivity index is 1.86. The van der Waals surface area contributed by atoms with Crippen LogP contribution in [0.1, 0.15) is 29.4 Å².